The fourth-order valence-corrected chi connectivity index (χ4v) is 2.42. The van der Waals surface area contributed by atoms with E-state index < -0.39 is 0 Å². The summed E-state index contributed by atoms with van der Waals surface area (Å²) in [5, 5.41) is 6.38. The summed E-state index contributed by atoms with van der Waals surface area (Å²) in [6.07, 6.45) is 1.07. The molecule has 5 nitrogen and oxygen atoms in total. The van der Waals surface area contributed by atoms with Gasteiger partial charge in [0, 0.05) is 12.6 Å². The molecule has 0 saturated carbocycles. The molecule has 118 valence electrons. The minimum atomic E-state index is -0.124. The van der Waals surface area contributed by atoms with E-state index >= 15 is 0 Å². The Morgan fingerprint density at radius 2 is 2.10 bits per heavy atom. The summed E-state index contributed by atoms with van der Waals surface area (Å²) >= 11 is 0. The molecular formula is C15H23ClN2O3. The number of amides is 1. The van der Waals surface area contributed by atoms with Crippen molar-refractivity contribution in [2.45, 2.75) is 19.4 Å². The lowest BCUT2D eigenvalue weighted by atomic mass is 9.94. The van der Waals surface area contributed by atoms with Gasteiger partial charge in [-0.3, -0.25) is 4.79 Å². The van der Waals surface area contributed by atoms with E-state index in [0.29, 0.717) is 23.0 Å². The Balaban J connectivity index is 0.00000220. The van der Waals surface area contributed by atoms with E-state index in [1.807, 2.05) is 0 Å². The zero-order valence-electron chi connectivity index (χ0n) is 12.6. The van der Waals surface area contributed by atoms with Crippen molar-refractivity contribution in [1.82, 2.24) is 10.6 Å². The summed E-state index contributed by atoms with van der Waals surface area (Å²) in [5.74, 6) is 1.54. The van der Waals surface area contributed by atoms with Gasteiger partial charge in [0.2, 0.25) is 0 Å². The topological polar surface area (TPSA) is 59.6 Å². The third-order valence-electron chi connectivity index (χ3n) is 3.80. The standard InChI is InChI=1S/C15H22N2O3.ClH/c1-10-6-7-16-9-13(10)17-15(18)12-8-11(19-2)4-5-14(12)20-3;/h4-5,8,10,13,16H,6-7,9H2,1-3H3,(H,17,18);1H. The highest BCUT2D eigenvalue weighted by atomic mass is 35.5. The van der Waals surface area contributed by atoms with E-state index in [9.17, 15) is 4.79 Å². The van der Waals surface area contributed by atoms with E-state index in [1.165, 1.54) is 0 Å². The van der Waals surface area contributed by atoms with Gasteiger partial charge in [-0.1, -0.05) is 6.92 Å². The molecule has 1 amide bonds. The maximum atomic E-state index is 12.4. The summed E-state index contributed by atoms with van der Waals surface area (Å²) in [5.41, 5.74) is 0.504. The first-order valence-corrected chi connectivity index (χ1v) is 6.89. The van der Waals surface area contributed by atoms with Crippen molar-refractivity contribution in [2.75, 3.05) is 27.3 Å². The molecule has 0 spiro atoms. The Kier molecular flexibility index (Phi) is 6.78. The Bertz CT molecular complexity index is 482. The molecule has 2 atom stereocenters. The van der Waals surface area contributed by atoms with Gasteiger partial charge < -0.3 is 20.1 Å². The number of carbonyl (C=O) groups is 1. The molecule has 1 aliphatic heterocycles. The summed E-state index contributed by atoms with van der Waals surface area (Å²) in [6.45, 7) is 3.98. The van der Waals surface area contributed by atoms with E-state index in [4.69, 9.17) is 9.47 Å². The fraction of sp³-hybridized carbons (Fsp3) is 0.533. The van der Waals surface area contributed by atoms with Crippen LogP contribution in [0.2, 0.25) is 0 Å². The molecular weight excluding hydrogens is 292 g/mol. The van der Waals surface area contributed by atoms with E-state index in [2.05, 4.69) is 17.6 Å². The Labute approximate surface area is 131 Å². The Hall–Kier alpha value is -1.46. The number of methoxy groups -OCH3 is 2. The summed E-state index contributed by atoms with van der Waals surface area (Å²) in [7, 11) is 3.14. The van der Waals surface area contributed by atoms with Crippen LogP contribution < -0.4 is 20.1 Å². The lowest BCUT2D eigenvalue weighted by molar-refractivity contribution is 0.0912. The maximum Gasteiger partial charge on any atom is 0.255 e. The number of piperidine rings is 1. The molecule has 2 N–H and O–H groups in total. The van der Waals surface area contributed by atoms with Gasteiger partial charge >= 0.3 is 0 Å². The molecule has 6 heteroatoms. The molecule has 1 aromatic carbocycles. The first-order chi connectivity index (χ1) is 9.65. The van der Waals surface area contributed by atoms with E-state index in [-0.39, 0.29) is 24.4 Å². The molecule has 21 heavy (non-hydrogen) atoms. The van der Waals surface area contributed by atoms with Gasteiger partial charge in [-0.15, -0.1) is 12.4 Å². The summed E-state index contributed by atoms with van der Waals surface area (Å²) in [4.78, 5) is 12.4. The smallest absolute Gasteiger partial charge is 0.255 e. The van der Waals surface area contributed by atoms with Crippen molar-refractivity contribution in [2.24, 2.45) is 5.92 Å². The normalized spacial score (nSPS) is 21.1. The SMILES string of the molecule is COc1ccc(OC)c(C(=O)NC2CNCCC2C)c1.Cl. The quantitative estimate of drug-likeness (QED) is 0.890. The molecule has 2 unspecified atom stereocenters. The van der Waals surface area contributed by atoms with Crippen molar-refractivity contribution in [3.8, 4) is 11.5 Å². The van der Waals surface area contributed by atoms with E-state index in [1.54, 1.807) is 32.4 Å². The minimum absolute atomic E-state index is 0. The lowest BCUT2D eigenvalue weighted by Crippen LogP contribution is -2.50. The molecule has 1 saturated heterocycles. The van der Waals surface area contributed by atoms with Crippen LogP contribution in [0.5, 0.6) is 11.5 Å². The van der Waals surface area contributed by atoms with Gasteiger partial charge in [0.05, 0.1) is 19.8 Å². The van der Waals surface area contributed by atoms with Gasteiger partial charge in [-0.05, 0) is 37.1 Å². The fourth-order valence-electron chi connectivity index (χ4n) is 2.42. The second kappa shape index (κ2) is 8.10. The third-order valence-corrected chi connectivity index (χ3v) is 3.80. The van der Waals surface area contributed by atoms with Crippen LogP contribution in [0.3, 0.4) is 0 Å². The molecule has 1 fully saturated rings. The largest absolute Gasteiger partial charge is 0.497 e. The van der Waals surface area contributed by atoms with Crippen LogP contribution in [0.1, 0.15) is 23.7 Å². The third kappa shape index (κ3) is 4.25. The molecule has 0 aliphatic carbocycles. The van der Waals surface area contributed by atoms with Crippen molar-refractivity contribution < 1.29 is 14.3 Å². The number of carbonyl (C=O) groups excluding carboxylic acids is 1. The molecule has 1 heterocycles. The molecule has 0 radical (unpaired) electrons. The lowest BCUT2D eigenvalue weighted by Gasteiger charge is -2.30. The molecule has 2 rings (SSSR count). The average molecular weight is 315 g/mol. The van der Waals surface area contributed by atoms with Gasteiger partial charge in [-0.25, -0.2) is 0 Å². The zero-order chi connectivity index (χ0) is 14.5. The number of benzene rings is 1. The van der Waals surface area contributed by atoms with Crippen LogP contribution in [-0.4, -0.2) is 39.3 Å². The van der Waals surface area contributed by atoms with Crippen LogP contribution in [0.4, 0.5) is 0 Å². The highest BCUT2D eigenvalue weighted by molar-refractivity contribution is 5.97. The van der Waals surface area contributed by atoms with Crippen molar-refractivity contribution in [3.63, 3.8) is 0 Å². The number of ether oxygens (including phenoxy) is 2. The number of rotatable bonds is 4. The summed E-state index contributed by atoms with van der Waals surface area (Å²) in [6, 6.07) is 5.37. The molecule has 1 aromatic rings. The highest BCUT2D eigenvalue weighted by Crippen LogP contribution is 2.24. The number of nitrogens with one attached hydrogen (secondary N) is 2. The predicted molar refractivity (Wildman–Crippen MR) is 84.7 cm³/mol. The number of hydrogen-bond acceptors (Lipinski definition) is 4. The van der Waals surface area contributed by atoms with Gasteiger partial charge in [0.25, 0.3) is 5.91 Å². The van der Waals surface area contributed by atoms with Crippen molar-refractivity contribution >= 4 is 18.3 Å². The van der Waals surface area contributed by atoms with Crippen molar-refractivity contribution in [3.05, 3.63) is 23.8 Å². The van der Waals surface area contributed by atoms with Gasteiger partial charge in [0.15, 0.2) is 0 Å². The van der Waals surface area contributed by atoms with Gasteiger partial charge in [0.1, 0.15) is 11.5 Å². The second-order valence-corrected chi connectivity index (χ2v) is 5.12. The first kappa shape index (κ1) is 17.6. The number of hydrogen-bond donors (Lipinski definition) is 2. The molecule has 0 aromatic heterocycles. The zero-order valence-corrected chi connectivity index (χ0v) is 13.5. The Morgan fingerprint density at radius 1 is 1.33 bits per heavy atom. The van der Waals surface area contributed by atoms with Crippen LogP contribution in [0, 0.1) is 5.92 Å². The second-order valence-electron chi connectivity index (χ2n) is 5.12. The monoisotopic (exact) mass is 314 g/mol. The first-order valence-electron chi connectivity index (χ1n) is 6.89. The maximum absolute atomic E-state index is 12.4. The predicted octanol–water partition coefficient (Wildman–Crippen LogP) is 1.85. The minimum Gasteiger partial charge on any atom is -0.497 e. The van der Waals surface area contributed by atoms with Crippen LogP contribution in [-0.2, 0) is 0 Å². The van der Waals surface area contributed by atoms with Crippen molar-refractivity contribution in [1.29, 1.82) is 0 Å². The van der Waals surface area contributed by atoms with Crippen LogP contribution in [0.25, 0.3) is 0 Å². The van der Waals surface area contributed by atoms with Crippen LogP contribution in [0.15, 0.2) is 18.2 Å². The van der Waals surface area contributed by atoms with Crippen LogP contribution >= 0.6 is 12.4 Å². The number of halogens is 1. The average Bonchev–Trinajstić information content (AvgIpc) is 2.48. The molecule has 1 aliphatic rings. The highest BCUT2D eigenvalue weighted by Gasteiger charge is 2.24. The molecule has 0 bridgehead atoms. The summed E-state index contributed by atoms with van der Waals surface area (Å²) < 4.78 is 10.4. The Morgan fingerprint density at radius 3 is 2.71 bits per heavy atom. The van der Waals surface area contributed by atoms with E-state index in [0.717, 1.165) is 19.5 Å². The van der Waals surface area contributed by atoms with Gasteiger partial charge in [-0.2, -0.15) is 0 Å².